The molecule has 186 valence electrons. The zero-order valence-corrected chi connectivity index (χ0v) is 21.4. The van der Waals surface area contributed by atoms with Crippen molar-refractivity contribution in [2.24, 2.45) is 5.41 Å². The van der Waals surface area contributed by atoms with Crippen molar-refractivity contribution in [2.45, 2.75) is 59.9 Å². The first-order valence-electron chi connectivity index (χ1n) is 12.4. The first-order chi connectivity index (χ1) is 17.1. The van der Waals surface area contributed by atoms with Crippen LogP contribution in [0.4, 0.5) is 8.78 Å². The lowest BCUT2D eigenvalue weighted by atomic mass is 9.90. The molecule has 0 aliphatic heterocycles. The van der Waals surface area contributed by atoms with Gasteiger partial charge in [0.25, 0.3) is 5.91 Å². The summed E-state index contributed by atoms with van der Waals surface area (Å²) in [7, 11) is 0. The van der Waals surface area contributed by atoms with E-state index in [9.17, 15) is 13.6 Å². The van der Waals surface area contributed by atoms with Crippen molar-refractivity contribution < 1.29 is 13.6 Å². The number of nitrogens with one attached hydrogen (secondary N) is 1. The summed E-state index contributed by atoms with van der Waals surface area (Å²) >= 11 is 0. The Balaban J connectivity index is 1.52. The van der Waals surface area contributed by atoms with E-state index < -0.39 is 11.6 Å². The average Bonchev–Trinajstić information content (AvgIpc) is 3.31. The Morgan fingerprint density at radius 2 is 1.72 bits per heavy atom. The van der Waals surface area contributed by atoms with E-state index in [4.69, 9.17) is 0 Å². The quantitative estimate of drug-likeness (QED) is 0.338. The molecule has 0 atom stereocenters. The number of aromatic nitrogens is 2. The predicted molar refractivity (Wildman–Crippen MR) is 138 cm³/mol. The van der Waals surface area contributed by atoms with Crippen LogP contribution in [0.3, 0.4) is 0 Å². The monoisotopic (exact) mass is 487 g/mol. The Labute approximate surface area is 210 Å². The summed E-state index contributed by atoms with van der Waals surface area (Å²) in [4.78, 5) is 13.4. The molecule has 0 saturated heterocycles. The fourth-order valence-electron chi connectivity index (χ4n) is 5.61. The van der Waals surface area contributed by atoms with E-state index >= 15 is 0 Å². The van der Waals surface area contributed by atoms with Crippen LogP contribution in [0.25, 0.3) is 16.6 Å². The van der Waals surface area contributed by atoms with E-state index in [-0.39, 0.29) is 22.8 Å². The molecule has 5 rings (SSSR count). The largest absolute Gasteiger partial charge is 0.348 e. The van der Waals surface area contributed by atoms with Crippen molar-refractivity contribution in [3.05, 3.63) is 93.8 Å². The Morgan fingerprint density at radius 1 is 1.03 bits per heavy atom. The number of halogens is 2. The number of benzene rings is 2. The Morgan fingerprint density at radius 3 is 2.42 bits per heavy atom. The summed E-state index contributed by atoms with van der Waals surface area (Å²) in [5.41, 5.74) is 6.65. The molecule has 1 amide bonds. The number of hydrogen-bond acceptors (Lipinski definition) is 2. The van der Waals surface area contributed by atoms with Gasteiger partial charge in [-0.1, -0.05) is 52.0 Å². The van der Waals surface area contributed by atoms with E-state index in [0.29, 0.717) is 34.6 Å². The highest BCUT2D eigenvalue weighted by Gasteiger charge is 2.30. The van der Waals surface area contributed by atoms with Gasteiger partial charge in [0, 0.05) is 12.1 Å². The summed E-state index contributed by atoms with van der Waals surface area (Å²) in [5.74, 6) is -1.52. The molecule has 0 radical (unpaired) electrons. The number of pyridine rings is 1. The average molecular weight is 488 g/mol. The first-order valence-corrected chi connectivity index (χ1v) is 12.4. The molecule has 4 aromatic rings. The van der Waals surface area contributed by atoms with Crippen molar-refractivity contribution >= 4 is 11.4 Å². The molecule has 0 bridgehead atoms. The lowest BCUT2D eigenvalue weighted by molar-refractivity contribution is 0.0948. The second-order valence-electron chi connectivity index (χ2n) is 10.9. The maximum atomic E-state index is 14.7. The second kappa shape index (κ2) is 8.84. The van der Waals surface area contributed by atoms with Crippen LogP contribution in [-0.2, 0) is 19.4 Å². The number of nitrogens with zero attached hydrogens (tertiary/aromatic N) is 2. The van der Waals surface area contributed by atoms with Gasteiger partial charge >= 0.3 is 0 Å². The summed E-state index contributed by atoms with van der Waals surface area (Å²) < 4.78 is 31.0. The van der Waals surface area contributed by atoms with Gasteiger partial charge in [0.05, 0.1) is 28.0 Å². The molecule has 2 aromatic carbocycles. The van der Waals surface area contributed by atoms with Gasteiger partial charge in [-0.05, 0) is 72.1 Å². The highest BCUT2D eigenvalue weighted by Crippen LogP contribution is 2.38. The van der Waals surface area contributed by atoms with Crippen LogP contribution in [0.1, 0.15) is 72.0 Å². The summed E-state index contributed by atoms with van der Waals surface area (Å²) in [5, 5.41) is 7.72. The number of carbonyl (C=O) groups is 1. The predicted octanol–water partition coefficient (Wildman–Crippen LogP) is 6.77. The molecular weight excluding hydrogens is 456 g/mol. The van der Waals surface area contributed by atoms with Gasteiger partial charge in [-0.2, -0.15) is 5.10 Å². The maximum absolute atomic E-state index is 14.7. The maximum Gasteiger partial charge on any atom is 0.253 e. The SMILES string of the molecule is Cc1nn2c(C(C)C)c(C(=O)NCc3cccc4c3CC(C)(C)C4)ccc2c1-c1c(F)cccc1F. The number of fused-ring (bicyclic) bond motifs is 2. The minimum absolute atomic E-state index is 0.0474. The number of hydrogen-bond donors (Lipinski definition) is 1. The summed E-state index contributed by atoms with van der Waals surface area (Å²) in [6.07, 6.45) is 2.04. The van der Waals surface area contributed by atoms with Crippen molar-refractivity contribution in [1.82, 2.24) is 14.9 Å². The molecule has 0 fully saturated rings. The van der Waals surface area contributed by atoms with Gasteiger partial charge in [-0.25, -0.2) is 13.3 Å². The molecule has 1 N–H and O–H groups in total. The van der Waals surface area contributed by atoms with Gasteiger partial charge in [0.15, 0.2) is 0 Å². The third-order valence-electron chi connectivity index (χ3n) is 7.15. The minimum Gasteiger partial charge on any atom is -0.348 e. The number of amides is 1. The molecule has 0 saturated carbocycles. The van der Waals surface area contributed by atoms with Gasteiger partial charge < -0.3 is 5.32 Å². The van der Waals surface area contributed by atoms with Crippen LogP contribution in [0.5, 0.6) is 0 Å². The molecule has 4 nitrogen and oxygen atoms in total. The molecule has 6 heteroatoms. The van der Waals surface area contributed by atoms with Crippen molar-refractivity contribution in [1.29, 1.82) is 0 Å². The van der Waals surface area contributed by atoms with Crippen LogP contribution >= 0.6 is 0 Å². The Hall–Kier alpha value is -3.54. The summed E-state index contributed by atoms with van der Waals surface area (Å²) in [6.45, 7) is 10.7. The van der Waals surface area contributed by atoms with E-state index in [0.717, 1.165) is 18.4 Å². The fraction of sp³-hybridized carbons (Fsp3) is 0.333. The zero-order chi connectivity index (χ0) is 25.8. The van der Waals surface area contributed by atoms with Gasteiger partial charge in [-0.3, -0.25) is 4.79 Å². The van der Waals surface area contributed by atoms with Crippen LogP contribution in [0, 0.1) is 24.0 Å². The lowest BCUT2D eigenvalue weighted by Crippen LogP contribution is -2.26. The highest BCUT2D eigenvalue weighted by molar-refractivity contribution is 5.96. The number of rotatable bonds is 5. The van der Waals surface area contributed by atoms with Crippen molar-refractivity contribution in [3.8, 4) is 11.1 Å². The molecule has 1 aliphatic rings. The van der Waals surface area contributed by atoms with Gasteiger partial charge in [-0.15, -0.1) is 0 Å². The second-order valence-corrected chi connectivity index (χ2v) is 10.9. The van der Waals surface area contributed by atoms with Gasteiger partial charge in [0.2, 0.25) is 0 Å². The van der Waals surface area contributed by atoms with E-state index in [2.05, 4.69) is 42.5 Å². The topological polar surface area (TPSA) is 46.4 Å². The van der Waals surface area contributed by atoms with E-state index in [1.54, 1.807) is 23.6 Å². The number of carbonyl (C=O) groups excluding carboxylic acids is 1. The molecular formula is C30H31F2N3O. The third-order valence-corrected chi connectivity index (χ3v) is 7.15. The van der Waals surface area contributed by atoms with E-state index in [1.807, 2.05) is 13.8 Å². The van der Waals surface area contributed by atoms with Crippen LogP contribution in [0.2, 0.25) is 0 Å². The van der Waals surface area contributed by atoms with Crippen LogP contribution in [0.15, 0.2) is 48.5 Å². The molecule has 2 aromatic heterocycles. The highest BCUT2D eigenvalue weighted by atomic mass is 19.1. The van der Waals surface area contributed by atoms with E-state index in [1.165, 1.54) is 29.3 Å². The molecule has 2 heterocycles. The third kappa shape index (κ3) is 4.08. The van der Waals surface area contributed by atoms with Crippen molar-refractivity contribution in [2.75, 3.05) is 0 Å². The standard InChI is InChI=1S/C30H31F2N3O/c1-17(2)28-21(29(36)33-16-20-9-6-8-19-14-30(4,5)15-22(19)20)12-13-25-26(18(3)34-35(25)28)27-23(31)10-7-11-24(27)32/h6-13,17H,14-16H2,1-5H3,(H,33,36). The lowest BCUT2D eigenvalue weighted by Gasteiger charge is -2.17. The molecule has 0 spiro atoms. The Kier molecular flexibility index (Phi) is 5.93. The minimum atomic E-state index is -0.639. The normalized spacial score (nSPS) is 14.4. The van der Waals surface area contributed by atoms with Crippen molar-refractivity contribution in [3.63, 3.8) is 0 Å². The van der Waals surface area contributed by atoms with Crippen LogP contribution < -0.4 is 5.32 Å². The molecule has 36 heavy (non-hydrogen) atoms. The fourth-order valence-corrected chi connectivity index (χ4v) is 5.61. The summed E-state index contributed by atoms with van der Waals surface area (Å²) in [6, 6.07) is 13.6. The van der Waals surface area contributed by atoms with Gasteiger partial charge in [0.1, 0.15) is 11.6 Å². The first kappa shape index (κ1) is 24.2. The van der Waals surface area contributed by atoms with Crippen LogP contribution in [-0.4, -0.2) is 15.5 Å². The molecule has 0 unspecified atom stereocenters. The zero-order valence-electron chi connectivity index (χ0n) is 21.4. The smallest absolute Gasteiger partial charge is 0.253 e. The Bertz CT molecular complexity index is 1480. The number of aryl methyl sites for hydroxylation is 1. The molecule has 1 aliphatic carbocycles.